The predicted octanol–water partition coefficient (Wildman–Crippen LogP) is 3.74. The Bertz CT molecular complexity index is 458. The number of hydrogen-bond acceptors (Lipinski definition) is 2. The highest BCUT2D eigenvalue weighted by molar-refractivity contribution is 5.97. The molecule has 2 amide bonds. The lowest BCUT2D eigenvalue weighted by Crippen LogP contribution is -2.24. The highest BCUT2D eigenvalue weighted by atomic mass is 16.2. The van der Waals surface area contributed by atoms with Crippen LogP contribution in [0.3, 0.4) is 0 Å². The number of amides is 2. The Morgan fingerprint density at radius 2 is 1.86 bits per heavy atom. The highest BCUT2D eigenvalue weighted by Gasteiger charge is 2.07. The molecular weight excluding hydrogens is 264 g/mol. The normalized spacial score (nSPS) is 10.2. The van der Waals surface area contributed by atoms with Gasteiger partial charge in [-0.2, -0.15) is 0 Å². The first-order valence-corrected chi connectivity index (χ1v) is 7.85. The summed E-state index contributed by atoms with van der Waals surface area (Å²) >= 11 is 0. The predicted molar refractivity (Wildman–Crippen MR) is 86.5 cm³/mol. The summed E-state index contributed by atoms with van der Waals surface area (Å²) < 4.78 is 0. The van der Waals surface area contributed by atoms with Crippen LogP contribution in [0, 0.1) is 0 Å². The van der Waals surface area contributed by atoms with Gasteiger partial charge in [-0.05, 0) is 31.0 Å². The summed E-state index contributed by atoms with van der Waals surface area (Å²) in [7, 11) is 0. The van der Waals surface area contributed by atoms with Gasteiger partial charge in [0.1, 0.15) is 0 Å². The Hall–Kier alpha value is -1.84. The van der Waals surface area contributed by atoms with Gasteiger partial charge in [0.05, 0.1) is 0 Å². The second-order valence-electron chi connectivity index (χ2n) is 5.20. The van der Waals surface area contributed by atoms with Crippen molar-refractivity contribution in [1.29, 1.82) is 0 Å². The fraction of sp³-hybridized carbons (Fsp3) is 0.529. The zero-order chi connectivity index (χ0) is 15.5. The number of rotatable bonds is 9. The standard InChI is InChI=1S/C17H26N2O2/c1-3-5-6-7-11-16(20)19-15-10-8-9-14(13-15)17(21)18-12-4-2/h8-10,13H,3-7,11-12H2,1-2H3,(H,18,21)(H,19,20). The molecule has 0 saturated carbocycles. The van der Waals surface area contributed by atoms with Crippen LogP contribution in [0.1, 0.15) is 62.7 Å². The van der Waals surface area contributed by atoms with Gasteiger partial charge < -0.3 is 10.6 Å². The van der Waals surface area contributed by atoms with E-state index in [2.05, 4.69) is 17.6 Å². The van der Waals surface area contributed by atoms with Gasteiger partial charge in [-0.3, -0.25) is 9.59 Å². The second-order valence-corrected chi connectivity index (χ2v) is 5.20. The number of nitrogens with one attached hydrogen (secondary N) is 2. The number of carbonyl (C=O) groups is 2. The minimum atomic E-state index is -0.101. The van der Waals surface area contributed by atoms with E-state index in [0.29, 0.717) is 24.2 Å². The second kappa shape index (κ2) is 9.97. The summed E-state index contributed by atoms with van der Waals surface area (Å²) in [5.74, 6) is -0.0897. The first kappa shape index (κ1) is 17.2. The number of anilines is 1. The number of hydrogen-bond donors (Lipinski definition) is 2. The fourth-order valence-electron chi connectivity index (χ4n) is 2.01. The zero-order valence-corrected chi connectivity index (χ0v) is 13.1. The van der Waals surface area contributed by atoms with Crippen molar-refractivity contribution in [2.75, 3.05) is 11.9 Å². The van der Waals surface area contributed by atoms with E-state index in [0.717, 1.165) is 25.7 Å². The van der Waals surface area contributed by atoms with Crippen molar-refractivity contribution in [2.45, 2.75) is 52.4 Å². The lowest BCUT2D eigenvalue weighted by molar-refractivity contribution is -0.116. The third-order valence-corrected chi connectivity index (χ3v) is 3.20. The molecule has 4 nitrogen and oxygen atoms in total. The number of benzene rings is 1. The molecule has 0 aliphatic heterocycles. The van der Waals surface area contributed by atoms with Crippen LogP contribution in [-0.2, 0) is 4.79 Å². The summed E-state index contributed by atoms with van der Waals surface area (Å²) in [5, 5.41) is 5.68. The molecule has 0 atom stereocenters. The largest absolute Gasteiger partial charge is 0.352 e. The van der Waals surface area contributed by atoms with Gasteiger partial charge in [0.25, 0.3) is 5.91 Å². The van der Waals surface area contributed by atoms with Crippen molar-refractivity contribution in [3.05, 3.63) is 29.8 Å². The Morgan fingerprint density at radius 3 is 2.57 bits per heavy atom. The molecule has 1 aromatic rings. The third kappa shape index (κ3) is 6.93. The molecule has 4 heteroatoms. The smallest absolute Gasteiger partial charge is 0.251 e. The number of unbranched alkanes of at least 4 members (excludes halogenated alkanes) is 3. The van der Waals surface area contributed by atoms with Crippen molar-refractivity contribution in [2.24, 2.45) is 0 Å². The van der Waals surface area contributed by atoms with E-state index in [1.54, 1.807) is 24.3 Å². The molecule has 1 rings (SSSR count). The molecule has 0 radical (unpaired) electrons. The van der Waals surface area contributed by atoms with Crippen LogP contribution in [-0.4, -0.2) is 18.4 Å². The van der Waals surface area contributed by atoms with E-state index in [9.17, 15) is 9.59 Å². The van der Waals surface area contributed by atoms with E-state index in [4.69, 9.17) is 0 Å². The Morgan fingerprint density at radius 1 is 1.05 bits per heavy atom. The zero-order valence-electron chi connectivity index (χ0n) is 13.1. The van der Waals surface area contributed by atoms with Gasteiger partial charge in [0, 0.05) is 24.2 Å². The van der Waals surface area contributed by atoms with Crippen LogP contribution in [0.5, 0.6) is 0 Å². The molecule has 0 bridgehead atoms. The van der Waals surface area contributed by atoms with E-state index in [1.165, 1.54) is 6.42 Å². The third-order valence-electron chi connectivity index (χ3n) is 3.20. The average molecular weight is 290 g/mol. The van der Waals surface area contributed by atoms with E-state index < -0.39 is 0 Å². The molecule has 0 saturated heterocycles. The van der Waals surface area contributed by atoms with Crippen LogP contribution in [0.2, 0.25) is 0 Å². The minimum absolute atomic E-state index is 0.0113. The maximum Gasteiger partial charge on any atom is 0.251 e. The van der Waals surface area contributed by atoms with Gasteiger partial charge in [-0.25, -0.2) is 0 Å². The average Bonchev–Trinajstić information content (AvgIpc) is 2.49. The van der Waals surface area contributed by atoms with Crippen molar-refractivity contribution >= 4 is 17.5 Å². The van der Waals surface area contributed by atoms with E-state index >= 15 is 0 Å². The van der Waals surface area contributed by atoms with Crippen LogP contribution >= 0.6 is 0 Å². The van der Waals surface area contributed by atoms with Crippen LogP contribution < -0.4 is 10.6 Å². The lowest BCUT2D eigenvalue weighted by atomic mass is 10.1. The molecule has 1 aromatic carbocycles. The molecule has 0 heterocycles. The fourth-order valence-corrected chi connectivity index (χ4v) is 2.01. The molecule has 0 spiro atoms. The highest BCUT2D eigenvalue weighted by Crippen LogP contribution is 2.12. The van der Waals surface area contributed by atoms with E-state index in [-0.39, 0.29) is 11.8 Å². The quantitative estimate of drug-likeness (QED) is 0.681. The van der Waals surface area contributed by atoms with Crippen molar-refractivity contribution in [1.82, 2.24) is 5.32 Å². The maximum absolute atomic E-state index is 11.9. The Kier molecular flexibility index (Phi) is 8.17. The Labute approximate surface area is 127 Å². The Balaban J connectivity index is 2.48. The maximum atomic E-state index is 11.9. The van der Waals surface area contributed by atoms with Gasteiger partial charge in [0.2, 0.25) is 5.91 Å². The summed E-state index contributed by atoms with van der Waals surface area (Å²) in [4.78, 5) is 23.7. The van der Waals surface area contributed by atoms with Crippen molar-refractivity contribution < 1.29 is 9.59 Å². The van der Waals surface area contributed by atoms with Crippen molar-refractivity contribution in [3.63, 3.8) is 0 Å². The van der Waals surface area contributed by atoms with Gasteiger partial charge in [-0.1, -0.05) is 39.2 Å². The van der Waals surface area contributed by atoms with Gasteiger partial charge >= 0.3 is 0 Å². The molecule has 0 aromatic heterocycles. The molecule has 2 N–H and O–H groups in total. The summed E-state index contributed by atoms with van der Waals surface area (Å²) in [6.45, 7) is 4.82. The van der Waals surface area contributed by atoms with Gasteiger partial charge in [0.15, 0.2) is 0 Å². The molecular formula is C17H26N2O2. The molecule has 21 heavy (non-hydrogen) atoms. The van der Waals surface area contributed by atoms with Crippen molar-refractivity contribution in [3.8, 4) is 0 Å². The monoisotopic (exact) mass is 290 g/mol. The molecule has 0 fully saturated rings. The van der Waals surface area contributed by atoms with Crippen LogP contribution in [0.15, 0.2) is 24.3 Å². The van der Waals surface area contributed by atoms with Crippen LogP contribution in [0.25, 0.3) is 0 Å². The first-order valence-electron chi connectivity index (χ1n) is 7.85. The molecule has 116 valence electrons. The topological polar surface area (TPSA) is 58.2 Å². The summed E-state index contributed by atoms with van der Waals surface area (Å²) in [6.07, 6.45) is 5.77. The molecule has 0 aliphatic rings. The summed E-state index contributed by atoms with van der Waals surface area (Å²) in [5.41, 5.74) is 1.26. The van der Waals surface area contributed by atoms with E-state index in [1.807, 2.05) is 6.92 Å². The SMILES string of the molecule is CCCCCCC(=O)Nc1cccc(C(=O)NCCC)c1. The molecule has 0 aliphatic carbocycles. The molecule has 0 unspecified atom stereocenters. The van der Waals surface area contributed by atoms with Crippen LogP contribution in [0.4, 0.5) is 5.69 Å². The first-order chi connectivity index (χ1) is 10.2. The summed E-state index contributed by atoms with van der Waals surface area (Å²) in [6, 6.07) is 7.06. The lowest BCUT2D eigenvalue weighted by Gasteiger charge is -2.08. The van der Waals surface area contributed by atoms with Gasteiger partial charge in [-0.15, -0.1) is 0 Å². The number of carbonyl (C=O) groups excluding carboxylic acids is 2. The minimum Gasteiger partial charge on any atom is -0.352 e.